The summed E-state index contributed by atoms with van der Waals surface area (Å²) in [5, 5.41) is 9.05. The number of ether oxygens (including phenoxy) is 1. The lowest BCUT2D eigenvalue weighted by atomic mass is 10.0. The van der Waals surface area contributed by atoms with Gasteiger partial charge in [-0.3, -0.25) is 9.59 Å². The van der Waals surface area contributed by atoms with E-state index in [1.165, 1.54) is 17.0 Å². The van der Waals surface area contributed by atoms with Crippen LogP contribution in [0.3, 0.4) is 0 Å². The van der Waals surface area contributed by atoms with E-state index in [0.717, 1.165) is 0 Å². The Bertz CT molecular complexity index is 878. The van der Waals surface area contributed by atoms with E-state index in [1.54, 1.807) is 37.3 Å². The third-order valence-corrected chi connectivity index (χ3v) is 4.36. The minimum absolute atomic E-state index is 0.0214. The van der Waals surface area contributed by atoms with Gasteiger partial charge >= 0.3 is 12.1 Å². The first-order valence-electron chi connectivity index (χ1n) is 8.13. The van der Waals surface area contributed by atoms with E-state index in [2.05, 4.69) is 0 Å². The molecule has 0 aliphatic carbocycles. The summed E-state index contributed by atoms with van der Waals surface area (Å²) in [5.41, 5.74) is 2.16. The van der Waals surface area contributed by atoms with Gasteiger partial charge in [0.1, 0.15) is 5.75 Å². The van der Waals surface area contributed by atoms with E-state index >= 15 is 0 Å². The molecule has 1 heterocycles. The second-order valence-electron chi connectivity index (χ2n) is 6.27. The molecule has 0 fully saturated rings. The number of hydrogen-bond donors (Lipinski definition) is 1. The van der Waals surface area contributed by atoms with E-state index in [4.69, 9.17) is 9.84 Å². The number of hydrogen-bond acceptors (Lipinski definition) is 3. The average Bonchev–Trinajstić information content (AvgIpc) is 2.95. The number of fused-ring (bicyclic) bond motifs is 1. The van der Waals surface area contributed by atoms with Crippen LogP contribution in [-0.2, 0) is 11.3 Å². The fourth-order valence-electron chi connectivity index (χ4n) is 2.83. The summed E-state index contributed by atoms with van der Waals surface area (Å²) in [6, 6.07) is 10.9. The Morgan fingerprint density at radius 1 is 1.22 bits per heavy atom. The third-order valence-electron chi connectivity index (χ3n) is 4.36. The molecule has 27 heavy (non-hydrogen) atoms. The van der Waals surface area contributed by atoms with Gasteiger partial charge < -0.3 is 14.7 Å². The van der Waals surface area contributed by atoms with Crippen molar-refractivity contribution in [2.75, 3.05) is 11.5 Å². The molecule has 1 atom stereocenters. The maximum Gasteiger partial charge on any atom is 0.422 e. The lowest BCUT2D eigenvalue weighted by Crippen LogP contribution is -2.23. The molecule has 0 bridgehead atoms. The molecule has 8 heteroatoms. The zero-order valence-corrected chi connectivity index (χ0v) is 14.3. The first-order valence-corrected chi connectivity index (χ1v) is 8.13. The van der Waals surface area contributed by atoms with E-state index in [9.17, 15) is 22.8 Å². The highest BCUT2D eigenvalue weighted by molar-refractivity contribution is 6.10. The van der Waals surface area contributed by atoms with E-state index in [0.29, 0.717) is 16.8 Å². The molecule has 142 valence electrons. The number of carboxylic acid groups (broad SMARTS) is 1. The molecule has 0 saturated heterocycles. The Balaban J connectivity index is 1.77. The largest absolute Gasteiger partial charge is 0.484 e. The molecule has 1 unspecified atom stereocenters. The summed E-state index contributed by atoms with van der Waals surface area (Å²) in [7, 11) is 0. The van der Waals surface area contributed by atoms with Gasteiger partial charge in [-0.25, -0.2) is 0 Å². The number of nitrogens with zero attached hydrogens (tertiary/aromatic N) is 1. The van der Waals surface area contributed by atoms with Crippen molar-refractivity contribution in [3.63, 3.8) is 0 Å². The van der Waals surface area contributed by atoms with Gasteiger partial charge in [0.25, 0.3) is 5.91 Å². The standard InChI is InChI=1S/C19H16F3NO4/c1-11(18(25)26)12-2-5-14(6-3-12)23-9-13-4-7-15(8-16(13)17(23)24)27-10-19(20,21)22/h2-8,11H,9-10H2,1H3,(H,25,26). The third kappa shape index (κ3) is 4.05. The Morgan fingerprint density at radius 2 is 1.89 bits per heavy atom. The minimum atomic E-state index is -4.45. The van der Waals surface area contributed by atoms with Gasteiger partial charge in [0.15, 0.2) is 6.61 Å². The molecule has 1 N–H and O–H groups in total. The highest BCUT2D eigenvalue weighted by Gasteiger charge is 2.31. The molecule has 2 aromatic carbocycles. The topological polar surface area (TPSA) is 66.8 Å². The van der Waals surface area contributed by atoms with Crippen molar-refractivity contribution < 1.29 is 32.6 Å². The Hall–Kier alpha value is -3.03. The molecule has 1 aliphatic rings. The summed E-state index contributed by atoms with van der Waals surface area (Å²) in [6.07, 6.45) is -4.45. The SMILES string of the molecule is CC(C(=O)O)c1ccc(N2Cc3ccc(OCC(F)(F)F)cc3C2=O)cc1. The number of benzene rings is 2. The second kappa shape index (κ2) is 6.94. The maximum atomic E-state index is 12.6. The van der Waals surface area contributed by atoms with Gasteiger partial charge in [0.2, 0.25) is 0 Å². The molecule has 0 radical (unpaired) electrons. The Morgan fingerprint density at radius 3 is 2.48 bits per heavy atom. The molecule has 0 saturated carbocycles. The van der Waals surface area contributed by atoms with Crippen LogP contribution in [0.2, 0.25) is 0 Å². The number of alkyl halides is 3. The highest BCUT2D eigenvalue weighted by Crippen LogP contribution is 2.32. The van der Waals surface area contributed by atoms with Crippen LogP contribution in [0.15, 0.2) is 42.5 Å². The molecular formula is C19H16F3NO4. The summed E-state index contributed by atoms with van der Waals surface area (Å²) >= 11 is 0. The van der Waals surface area contributed by atoms with Crippen LogP contribution >= 0.6 is 0 Å². The number of amides is 1. The maximum absolute atomic E-state index is 12.6. The molecular weight excluding hydrogens is 363 g/mol. The van der Waals surface area contributed by atoms with Crippen molar-refractivity contribution in [1.29, 1.82) is 0 Å². The predicted octanol–water partition coefficient (Wildman–Crippen LogP) is 3.98. The predicted molar refractivity (Wildman–Crippen MR) is 91.0 cm³/mol. The first-order chi connectivity index (χ1) is 12.7. The normalized spacial score (nSPS) is 14.8. The van der Waals surface area contributed by atoms with Crippen LogP contribution in [0.25, 0.3) is 0 Å². The second-order valence-corrected chi connectivity index (χ2v) is 6.27. The highest BCUT2D eigenvalue weighted by atomic mass is 19.4. The van der Waals surface area contributed by atoms with Gasteiger partial charge in [-0.1, -0.05) is 18.2 Å². The van der Waals surface area contributed by atoms with Crippen LogP contribution in [-0.4, -0.2) is 29.8 Å². The number of anilines is 1. The number of carbonyl (C=O) groups is 2. The summed E-state index contributed by atoms with van der Waals surface area (Å²) in [6.45, 7) is 0.422. The van der Waals surface area contributed by atoms with Crippen molar-refractivity contribution >= 4 is 17.6 Å². The number of carboxylic acids is 1. The lowest BCUT2D eigenvalue weighted by molar-refractivity contribution is -0.153. The van der Waals surface area contributed by atoms with E-state index in [-0.39, 0.29) is 23.8 Å². The van der Waals surface area contributed by atoms with Gasteiger partial charge in [-0.15, -0.1) is 0 Å². The van der Waals surface area contributed by atoms with Crippen molar-refractivity contribution in [3.05, 3.63) is 59.2 Å². The van der Waals surface area contributed by atoms with Crippen LogP contribution in [0.1, 0.15) is 34.3 Å². The van der Waals surface area contributed by atoms with E-state index in [1.807, 2.05) is 0 Å². The lowest BCUT2D eigenvalue weighted by Gasteiger charge is -2.16. The van der Waals surface area contributed by atoms with Crippen molar-refractivity contribution in [1.82, 2.24) is 0 Å². The summed E-state index contributed by atoms with van der Waals surface area (Å²) in [4.78, 5) is 25.2. The molecule has 1 aliphatic heterocycles. The summed E-state index contributed by atoms with van der Waals surface area (Å²) in [5.74, 6) is -1.98. The number of halogens is 3. The molecule has 3 rings (SSSR count). The van der Waals surface area contributed by atoms with Crippen molar-refractivity contribution in [2.24, 2.45) is 0 Å². The monoisotopic (exact) mass is 379 g/mol. The zero-order chi connectivity index (χ0) is 19.8. The van der Waals surface area contributed by atoms with Gasteiger partial charge in [0, 0.05) is 11.3 Å². The molecule has 0 aromatic heterocycles. The summed E-state index contributed by atoms with van der Waals surface area (Å²) < 4.78 is 41.5. The van der Waals surface area contributed by atoms with Crippen molar-refractivity contribution in [2.45, 2.75) is 25.6 Å². The van der Waals surface area contributed by atoms with Gasteiger partial charge in [-0.05, 0) is 42.3 Å². The van der Waals surface area contributed by atoms with Crippen molar-refractivity contribution in [3.8, 4) is 5.75 Å². The quantitative estimate of drug-likeness (QED) is 0.854. The van der Waals surface area contributed by atoms with Crippen LogP contribution < -0.4 is 9.64 Å². The number of carbonyl (C=O) groups excluding carboxylic acids is 1. The van der Waals surface area contributed by atoms with Gasteiger partial charge in [-0.2, -0.15) is 13.2 Å². The molecule has 0 spiro atoms. The zero-order valence-electron chi connectivity index (χ0n) is 14.3. The van der Waals surface area contributed by atoms with Crippen LogP contribution in [0, 0.1) is 0 Å². The number of aliphatic carboxylic acids is 1. The molecule has 2 aromatic rings. The first kappa shape index (κ1) is 18.8. The average molecular weight is 379 g/mol. The smallest absolute Gasteiger partial charge is 0.422 e. The van der Waals surface area contributed by atoms with Gasteiger partial charge in [0.05, 0.1) is 12.5 Å². The fourth-order valence-corrected chi connectivity index (χ4v) is 2.83. The molecule has 5 nitrogen and oxygen atoms in total. The van der Waals surface area contributed by atoms with E-state index < -0.39 is 24.7 Å². The molecule has 1 amide bonds. The van der Waals surface area contributed by atoms with Crippen LogP contribution in [0.4, 0.5) is 18.9 Å². The minimum Gasteiger partial charge on any atom is -0.484 e. The number of rotatable bonds is 5. The van der Waals surface area contributed by atoms with Crippen LogP contribution in [0.5, 0.6) is 5.75 Å². The Kier molecular flexibility index (Phi) is 4.82. The fraction of sp³-hybridized carbons (Fsp3) is 0.263. The Labute approximate surface area is 153 Å².